The van der Waals surface area contributed by atoms with E-state index < -0.39 is 30.7 Å². The maximum absolute atomic E-state index is 9.07. The molecule has 0 amide bonds. The molecular weight excluding hydrogens is 168 g/mol. The van der Waals surface area contributed by atoms with Gasteiger partial charge < -0.3 is 30.3 Å². The molecule has 72 valence electrons. The fraction of sp³-hybridized carbons (Fsp3) is 1.00. The smallest absolute Gasteiger partial charge is 0.183 e. The molecule has 1 heterocycles. The van der Waals surface area contributed by atoms with Crippen LogP contribution in [-0.4, -0.2) is 62.8 Å². The molecule has 0 spiro atoms. The fourth-order valence-electron chi connectivity index (χ4n) is 0.993. The van der Waals surface area contributed by atoms with Gasteiger partial charge in [0.1, 0.15) is 24.4 Å². The normalized spacial score (nSPS) is 50.2. The highest BCUT2D eigenvalue weighted by Gasteiger charge is 2.38. The summed E-state index contributed by atoms with van der Waals surface area (Å²) in [5, 5.41) is 45.1. The van der Waals surface area contributed by atoms with Crippen LogP contribution in [0.2, 0.25) is 0 Å². The van der Waals surface area contributed by atoms with E-state index in [9.17, 15) is 0 Å². The SMILES string of the molecule is OC1OC[C@H](O)[C@H](O)[C@H](O)[C@H]1O. The van der Waals surface area contributed by atoms with E-state index >= 15 is 0 Å². The van der Waals surface area contributed by atoms with Crippen LogP contribution in [0.15, 0.2) is 0 Å². The predicted molar refractivity (Wildman–Crippen MR) is 36.0 cm³/mol. The van der Waals surface area contributed by atoms with Crippen molar-refractivity contribution in [1.29, 1.82) is 0 Å². The quantitative estimate of drug-likeness (QED) is 0.268. The minimum Gasteiger partial charge on any atom is -0.388 e. The molecule has 0 aromatic rings. The van der Waals surface area contributed by atoms with E-state index in [0.29, 0.717) is 0 Å². The van der Waals surface area contributed by atoms with Crippen LogP contribution in [0, 0.1) is 0 Å². The van der Waals surface area contributed by atoms with Gasteiger partial charge in [-0.25, -0.2) is 0 Å². The van der Waals surface area contributed by atoms with Crippen molar-refractivity contribution in [1.82, 2.24) is 0 Å². The first-order chi connectivity index (χ1) is 5.54. The van der Waals surface area contributed by atoms with Crippen LogP contribution < -0.4 is 0 Å². The van der Waals surface area contributed by atoms with E-state index in [1.54, 1.807) is 0 Å². The van der Waals surface area contributed by atoms with Gasteiger partial charge in [0, 0.05) is 0 Å². The van der Waals surface area contributed by atoms with Crippen LogP contribution in [-0.2, 0) is 4.74 Å². The van der Waals surface area contributed by atoms with Crippen molar-refractivity contribution in [3.05, 3.63) is 0 Å². The lowest BCUT2D eigenvalue weighted by Crippen LogP contribution is -2.46. The summed E-state index contributed by atoms with van der Waals surface area (Å²) in [5.41, 5.74) is 0. The molecule has 12 heavy (non-hydrogen) atoms. The Morgan fingerprint density at radius 2 is 1.42 bits per heavy atom. The van der Waals surface area contributed by atoms with Gasteiger partial charge in [-0.1, -0.05) is 0 Å². The zero-order valence-electron chi connectivity index (χ0n) is 6.24. The second-order valence-corrected chi connectivity index (χ2v) is 2.76. The molecule has 0 bridgehead atoms. The fourth-order valence-corrected chi connectivity index (χ4v) is 0.993. The number of aliphatic hydroxyl groups is 5. The van der Waals surface area contributed by atoms with Crippen LogP contribution in [0.5, 0.6) is 0 Å². The summed E-state index contributed by atoms with van der Waals surface area (Å²) in [7, 11) is 0. The number of hydrogen-bond donors (Lipinski definition) is 5. The summed E-state index contributed by atoms with van der Waals surface area (Å²) in [6.45, 7) is -0.323. The zero-order chi connectivity index (χ0) is 9.30. The number of ether oxygens (including phenoxy) is 1. The van der Waals surface area contributed by atoms with Crippen LogP contribution in [0.4, 0.5) is 0 Å². The molecule has 1 aliphatic heterocycles. The third-order valence-corrected chi connectivity index (χ3v) is 1.82. The molecule has 0 aromatic carbocycles. The lowest BCUT2D eigenvalue weighted by molar-refractivity contribution is -0.181. The van der Waals surface area contributed by atoms with Crippen LogP contribution in [0.25, 0.3) is 0 Å². The molecule has 1 unspecified atom stereocenters. The van der Waals surface area contributed by atoms with E-state index in [4.69, 9.17) is 25.5 Å². The maximum atomic E-state index is 9.07. The molecule has 1 rings (SSSR count). The summed E-state index contributed by atoms with van der Waals surface area (Å²) in [6.07, 6.45) is -7.58. The van der Waals surface area contributed by atoms with Gasteiger partial charge in [-0.3, -0.25) is 0 Å². The van der Waals surface area contributed by atoms with Gasteiger partial charge in [0.15, 0.2) is 6.29 Å². The Morgan fingerprint density at radius 1 is 0.833 bits per heavy atom. The van der Waals surface area contributed by atoms with E-state index in [1.807, 2.05) is 0 Å². The van der Waals surface area contributed by atoms with E-state index in [1.165, 1.54) is 0 Å². The Balaban J connectivity index is 2.68. The average Bonchev–Trinajstić information content (AvgIpc) is 2.14. The molecular formula is C6H12O6. The molecule has 6 nitrogen and oxygen atoms in total. The second-order valence-electron chi connectivity index (χ2n) is 2.76. The molecule has 1 saturated heterocycles. The third kappa shape index (κ3) is 1.74. The van der Waals surface area contributed by atoms with Gasteiger partial charge in [0.05, 0.1) is 6.61 Å². The van der Waals surface area contributed by atoms with E-state index in [-0.39, 0.29) is 6.61 Å². The van der Waals surface area contributed by atoms with Gasteiger partial charge in [-0.2, -0.15) is 0 Å². The van der Waals surface area contributed by atoms with Crippen molar-refractivity contribution >= 4 is 0 Å². The second kappa shape index (κ2) is 3.65. The molecule has 5 atom stereocenters. The number of hydrogen-bond acceptors (Lipinski definition) is 6. The Bertz CT molecular complexity index is 135. The average molecular weight is 180 g/mol. The predicted octanol–water partition coefficient (Wildman–Crippen LogP) is -3.22. The van der Waals surface area contributed by atoms with Crippen LogP contribution in [0.3, 0.4) is 0 Å². The molecule has 0 aromatic heterocycles. The van der Waals surface area contributed by atoms with Crippen molar-refractivity contribution in [2.75, 3.05) is 6.61 Å². The first kappa shape index (κ1) is 9.85. The Hall–Kier alpha value is -0.240. The van der Waals surface area contributed by atoms with Crippen molar-refractivity contribution < 1.29 is 30.3 Å². The third-order valence-electron chi connectivity index (χ3n) is 1.82. The van der Waals surface area contributed by atoms with E-state index in [0.717, 1.165) is 0 Å². The first-order valence-electron chi connectivity index (χ1n) is 3.56. The Kier molecular flexibility index (Phi) is 2.99. The molecule has 1 aliphatic rings. The molecule has 5 N–H and O–H groups in total. The molecule has 0 aliphatic carbocycles. The molecule has 6 heteroatoms. The first-order valence-corrected chi connectivity index (χ1v) is 3.56. The van der Waals surface area contributed by atoms with Gasteiger partial charge in [-0.05, 0) is 0 Å². The summed E-state index contributed by atoms with van der Waals surface area (Å²) in [6, 6.07) is 0. The van der Waals surface area contributed by atoms with Gasteiger partial charge in [0.2, 0.25) is 0 Å². The minimum atomic E-state index is -1.60. The highest BCUT2D eigenvalue weighted by atomic mass is 16.6. The van der Waals surface area contributed by atoms with Crippen molar-refractivity contribution in [3.8, 4) is 0 Å². The van der Waals surface area contributed by atoms with Gasteiger partial charge in [0.25, 0.3) is 0 Å². The van der Waals surface area contributed by atoms with Crippen LogP contribution in [0.1, 0.15) is 0 Å². The Labute approximate surface area is 68.6 Å². The van der Waals surface area contributed by atoms with Gasteiger partial charge >= 0.3 is 0 Å². The number of aliphatic hydroxyl groups excluding tert-OH is 5. The lowest BCUT2D eigenvalue weighted by Gasteiger charge is -2.22. The highest BCUT2D eigenvalue weighted by molar-refractivity contribution is 4.85. The molecule has 1 fully saturated rings. The monoisotopic (exact) mass is 180 g/mol. The highest BCUT2D eigenvalue weighted by Crippen LogP contribution is 2.14. The summed E-state index contributed by atoms with van der Waals surface area (Å²) in [5.74, 6) is 0. The van der Waals surface area contributed by atoms with Crippen molar-refractivity contribution in [2.45, 2.75) is 30.7 Å². The number of rotatable bonds is 0. The summed E-state index contributed by atoms with van der Waals surface area (Å²) < 4.78 is 4.50. The minimum absolute atomic E-state index is 0.323. The lowest BCUT2D eigenvalue weighted by atomic mass is 10.0. The van der Waals surface area contributed by atoms with E-state index in [2.05, 4.69) is 4.74 Å². The van der Waals surface area contributed by atoms with Crippen molar-refractivity contribution in [3.63, 3.8) is 0 Å². The zero-order valence-corrected chi connectivity index (χ0v) is 6.24. The molecule has 0 saturated carbocycles. The van der Waals surface area contributed by atoms with Crippen LogP contribution >= 0.6 is 0 Å². The summed E-state index contributed by atoms with van der Waals surface area (Å²) >= 11 is 0. The van der Waals surface area contributed by atoms with Crippen molar-refractivity contribution in [2.24, 2.45) is 0 Å². The largest absolute Gasteiger partial charge is 0.388 e. The maximum Gasteiger partial charge on any atom is 0.183 e. The molecule has 0 radical (unpaired) electrons. The topological polar surface area (TPSA) is 110 Å². The standard InChI is InChI=1S/C6H12O6/c7-2-1-12-6(11)5(10)4(9)3(2)8/h2-11H,1H2/t2-,3-,4-,5+,6?/m0/s1. The summed E-state index contributed by atoms with van der Waals surface area (Å²) in [4.78, 5) is 0. The van der Waals surface area contributed by atoms with Gasteiger partial charge in [-0.15, -0.1) is 0 Å². The Morgan fingerprint density at radius 3 is 2.00 bits per heavy atom.